The van der Waals surface area contributed by atoms with Crippen LogP contribution in [-0.2, 0) is 20.9 Å². The molecule has 1 unspecified atom stereocenters. The number of amides is 2. The summed E-state index contributed by atoms with van der Waals surface area (Å²) in [6, 6.07) is 31.5. The third kappa shape index (κ3) is 9.13. The maximum Gasteiger partial charge on any atom is 0.249 e. The van der Waals surface area contributed by atoms with E-state index in [0.29, 0.717) is 23.8 Å². The van der Waals surface area contributed by atoms with Crippen molar-refractivity contribution in [3.63, 3.8) is 0 Å². The van der Waals surface area contributed by atoms with E-state index in [9.17, 15) is 14.0 Å². The standard InChI is InChI=1S/C34H35FN4O4/c35-27-11-15-30(16-12-27)43-31-17-13-28(14-18-31)36-34(41)32(25-42-24-26-7-3-1-4-8-26)37-33(40)23-38-19-21-39(22-20-38)29-9-5-2-6-10-29/h1-18,32H,19-25H2,(H,36,41)(H,37,40). The van der Waals surface area contributed by atoms with E-state index in [1.54, 1.807) is 24.3 Å². The predicted octanol–water partition coefficient (Wildman–Crippen LogP) is 5.08. The van der Waals surface area contributed by atoms with Crippen molar-refractivity contribution in [2.75, 3.05) is 49.5 Å². The van der Waals surface area contributed by atoms with Crippen LogP contribution in [0.4, 0.5) is 15.8 Å². The van der Waals surface area contributed by atoms with Gasteiger partial charge in [-0.05, 0) is 66.2 Å². The third-order valence-corrected chi connectivity index (χ3v) is 7.08. The van der Waals surface area contributed by atoms with E-state index in [1.165, 1.54) is 30.0 Å². The van der Waals surface area contributed by atoms with Crippen molar-refractivity contribution in [3.8, 4) is 11.5 Å². The Balaban J connectivity index is 1.16. The largest absolute Gasteiger partial charge is 0.457 e. The molecule has 5 rings (SSSR count). The second kappa shape index (κ2) is 14.9. The molecular formula is C34H35FN4O4. The van der Waals surface area contributed by atoms with Crippen molar-refractivity contribution in [3.05, 3.63) is 121 Å². The van der Waals surface area contributed by atoms with Crippen LogP contribution in [0, 0.1) is 5.82 Å². The average molecular weight is 583 g/mol. The van der Waals surface area contributed by atoms with Crippen LogP contribution in [0.1, 0.15) is 5.56 Å². The molecule has 1 aliphatic rings. The van der Waals surface area contributed by atoms with Gasteiger partial charge in [-0.3, -0.25) is 14.5 Å². The van der Waals surface area contributed by atoms with Gasteiger partial charge in [0.2, 0.25) is 11.8 Å². The second-order valence-corrected chi connectivity index (χ2v) is 10.3. The lowest BCUT2D eigenvalue weighted by atomic mass is 10.2. The number of halogens is 1. The molecule has 222 valence electrons. The number of rotatable bonds is 12. The Morgan fingerprint density at radius 2 is 1.37 bits per heavy atom. The van der Waals surface area contributed by atoms with Gasteiger partial charge in [0.15, 0.2) is 0 Å². The fourth-order valence-corrected chi connectivity index (χ4v) is 4.77. The first-order valence-electron chi connectivity index (χ1n) is 14.3. The van der Waals surface area contributed by atoms with Gasteiger partial charge < -0.3 is 25.0 Å². The number of carbonyl (C=O) groups excluding carboxylic acids is 2. The van der Waals surface area contributed by atoms with E-state index >= 15 is 0 Å². The van der Waals surface area contributed by atoms with Crippen molar-refractivity contribution in [1.29, 1.82) is 0 Å². The number of anilines is 2. The number of benzene rings is 4. The van der Waals surface area contributed by atoms with Crippen LogP contribution in [0.5, 0.6) is 11.5 Å². The molecule has 1 heterocycles. The first-order chi connectivity index (χ1) is 21.0. The Labute approximate surface area is 251 Å². The summed E-state index contributed by atoms with van der Waals surface area (Å²) in [5, 5.41) is 5.74. The van der Waals surface area contributed by atoms with Gasteiger partial charge in [0.1, 0.15) is 23.4 Å². The predicted molar refractivity (Wildman–Crippen MR) is 165 cm³/mol. The van der Waals surface area contributed by atoms with Crippen LogP contribution in [0.3, 0.4) is 0 Å². The first-order valence-corrected chi connectivity index (χ1v) is 14.3. The van der Waals surface area contributed by atoms with Crippen molar-refractivity contribution in [2.45, 2.75) is 12.6 Å². The summed E-state index contributed by atoms with van der Waals surface area (Å²) in [6.07, 6.45) is 0. The number of hydrogen-bond acceptors (Lipinski definition) is 6. The Kier molecular flexibility index (Phi) is 10.3. The fraction of sp³-hybridized carbons (Fsp3) is 0.235. The summed E-state index contributed by atoms with van der Waals surface area (Å²) in [4.78, 5) is 30.8. The van der Waals surface area contributed by atoms with E-state index in [4.69, 9.17) is 9.47 Å². The summed E-state index contributed by atoms with van der Waals surface area (Å²) in [7, 11) is 0. The molecular weight excluding hydrogens is 547 g/mol. The maximum atomic E-state index is 13.3. The highest BCUT2D eigenvalue weighted by Crippen LogP contribution is 2.23. The van der Waals surface area contributed by atoms with E-state index in [-0.39, 0.29) is 30.8 Å². The van der Waals surface area contributed by atoms with Gasteiger partial charge in [-0.1, -0.05) is 48.5 Å². The number of para-hydroxylation sites is 1. The van der Waals surface area contributed by atoms with Gasteiger partial charge in [0, 0.05) is 37.6 Å². The summed E-state index contributed by atoms with van der Waals surface area (Å²) in [5.74, 6) is 0.0682. The lowest BCUT2D eigenvalue weighted by molar-refractivity contribution is -0.128. The molecule has 9 heteroatoms. The van der Waals surface area contributed by atoms with Crippen molar-refractivity contribution in [1.82, 2.24) is 10.2 Å². The van der Waals surface area contributed by atoms with E-state index in [1.807, 2.05) is 48.5 Å². The summed E-state index contributed by atoms with van der Waals surface area (Å²) >= 11 is 0. The van der Waals surface area contributed by atoms with Crippen molar-refractivity contribution in [2.24, 2.45) is 0 Å². The molecule has 0 aromatic heterocycles. The minimum atomic E-state index is -0.892. The third-order valence-electron chi connectivity index (χ3n) is 7.08. The van der Waals surface area contributed by atoms with Crippen LogP contribution < -0.4 is 20.3 Å². The molecule has 2 N–H and O–H groups in total. The van der Waals surface area contributed by atoms with Gasteiger partial charge in [-0.25, -0.2) is 4.39 Å². The van der Waals surface area contributed by atoms with Crippen LogP contribution in [0.2, 0.25) is 0 Å². The van der Waals surface area contributed by atoms with E-state index in [0.717, 1.165) is 31.7 Å². The zero-order valence-electron chi connectivity index (χ0n) is 23.8. The number of nitrogens with one attached hydrogen (secondary N) is 2. The summed E-state index contributed by atoms with van der Waals surface area (Å²) < 4.78 is 24.7. The topological polar surface area (TPSA) is 83.1 Å². The lowest BCUT2D eigenvalue weighted by Gasteiger charge is -2.35. The van der Waals surface area contributed by atoms with Crippen molar-refractivity contribution < 1.29 is 23.5 Å². The van der Waals surface area contributed by atoms with Crippen LogP contribution in [-0.4, -0.2) is 62.1 Å². The highest BCUT2D eigenvalue weighted by Gasteiger charge is 2.24. The number of carbonyl (C=O) groups is 2. The normalized spacial score (nSPS) is 14.1. The molecule has 2 amide bonds. The summed E-state index contributed by atoms with van der Waals surface area (Å²) in [5.41, 5.74) is 2.69. The number of ether oxygens (including phenoxy) is 2. The first kappa shape index (κ1) is 29.8. The molecule has 4 aromatic rings. The molecule has 43 heavy (non-hydrogen) atoms. The van der Waals surface area contributed by atoms with Crippen LogP contribution >= 0.6 is 0 Å². The summed E-state index contributed by atoms with van der Waals surface area (Å²) in [6.45, 7) is 3.66. The Hall–Kier alpha value is -4.73. The molecule has 0 bridgehead atoms. The fourth-order valence-electron chi connectivity index (χ4n) is 4.77. The zero-order valence-corrected chi connectivity index (χ0v) is 23.8. The molecule has 1 fully saturated rings. The molecule has 1 saturated heterocycles. The molecule has 1 atom stereocenters. The Bertz CT molecular complexity index is 1450. The SMILES string of the molecule is O=C(CN1CCN(c2ccccc2)CC1)NC(COCc1ccccc1)C(=O)Nc1ccc(Oc2ccc(F)cc2)cc1. The van der Waals surface area contributed by atoms with Gasteiger partial charge in [-0.2, -0.15) is 0 Å². The maximum absolute atomic E-state index is 13.3. The van der Waals surface area contributed by atoms with Gasteiger partial charge >= 0.3 is 0 Å². The van der Waals surface area contributed by atoms with Gasteiger partial charge in [0.05, 0.1) is 19.8 Å². The average Bonchev–Trinajstić information content (AvgIpc) is 3.04. The lowest BCUT2D eigenvalue weighted by Crippen LogP contribution is -2.53. The Morgan fingerprint density at radius 3 is 2.02 bits per heavy atom. The Morgan fingerprint density at radius 1 is 0.767 bits per heavy atom. The minimum Gasteiger partial charge on any atom is -0.457 e. The monoisotopic (exact) mass is 582 g/mol. The molecule has 0 spiro atoms. The van der Waals surface area contributed by atoms with E-state index < -0.39 is 6.04 Å². The zero-order chi connectivity index (χ0) is 29.9. The minimum absolute atomic E-state index is 0.0139. The molecule has 1 aliphatic heterocycles. The van der Waals surface area contributed by atoms with Crippen molar-refractivity contribution >= 4 is 23.2 Å². The van der Waals surface area contributed by atoms with Gasteiger partial charge in [0.25, 0.3) is 0 Å². The second-order valence-electron chi connectivity index (χ2n) is 10.3. The number of nitrogens with zero attached hydrogens (tertiary/aromatic N) is 2. The van der Waals surface area contributed by atoms with Crippen LogP contribution in [0.25, 0.3) is 0 Å². The number of piperazine rings is 1. The molecule has 8 nitrogen and oxygen atoms in total. The highest BCUT2D eigenvalue weighted by molar-refractivity contribution is 5.97. The highest BCUT2D eigenvalue weighted by atomic mass is 19.1. The molecule has 0 aliphatic carbocycles. The quantitative estimate of drug-likeness (QED) is 0.243. The molecule has 0 saturated carbocycles. The number of hydrogen-bond donors (Lipinski definition) is 2. The van der Waals surface area contributed by atoms with E-state index in [2.05, 4.69) is 32.6 Å². The smallest absolute Gasteiger partial charge is 0.249 e. The molecule has 4 aromatic carbocycles. The van der Waals surface area contributed by atoms with Crippen LogP contribution in [0.15, 0.2) is 109 Å². The van der Waals surface area contributed by atoms with Gasteiger partial charge in [-0.15, -0.1) is 0 Å². The molecule has 0 radical (unpaired) electrons.